The number of ether oxygens (including phenoxy) is 3. The van der Waals surface area contributed by atoms with Gasteiger partial charge in [-0.05, 0) is 48.0 Å². The number of anilines is 3. The summed E-state index contributed by atoms with van der Waals surface area (Å²) in [7, 11) is 0. The molecule has 0 radical (unpaired) electrons. The molecule has 0 saturated carbocycles. The van der Waals surface area contributed by atoms with Crippen LogP contribution in [0.5, 0.6) is 0 Å². The number of amides is 4. The molecule has 2 saturated heterocycles. The number of nitrogens with zero attached hydrogens (tertiary/aromatic N) is 4. The number of carbonyl (C=O) groups is 5. The second-order valence-electron chi connectivity index (χ2n) is 11.7. The average Bonchev–Trinajstić information content (AvgIpc) is 3.62. The Kier molecular flexibility index (Phi) is 8.86. The summed E-state index contributed by atoms with van der Waals surface area (Å²) < 4.78 is 22.0. The van der Waals surface area contributed by atoms with Crippen molar-refractivity contribution in [2.75, 3.05) is 54.6 Å². The first kappa shape index (κ1) is 32.4. The quantitative estimate of drug-likeness (QED) is 0.214. The molecule has 49 heavy (non-hydrogen) atoms. The molecule has 0 unspecified atom stereocenters. The molecule has 1 N–H and O–H groups in total. The summed E-state index contributed by atoms with van der Waals surface area (Å²) in [6.07, 6.45) is -3.07. The molecule has 0 aliphatic carbocycles. The van der Waals surface area contributed by atoms with Crippen LogP contribution in [0, 0.1) is 0 Å². The van der Waals surface area contributed by atoms with Gasteiger partial charge >= 0.3 is 5.97 Å². The number of carbonyl (C=O) groups excluding carboxylic acids is 5. The number of halogens is 1. The summed E-state index contributed by atoms with van der Waals surface area (Å²) in [5.74, 6) is -3.23. The first-order valence-electron chi connectivity index (χ1n) is 15.6. The van der Waals surface area contributed by atoms with Crippen LogP contribution in [0.3, 0.4) is 0 Å². The summed E-state index contributed by atoms with van der Waals surface area (Å²) in [6, 6.07) is 16.2. The zero-order valence-electron chi connectivity index (χ0n) is 26.2. The molecule has 4 aromatic rings. The van der Waals surface area contributed by atoms with Crippen molar-refractivity contribution >= 4 is 69.4 Å². The number of nitrogens with one attached hydrogen (secondary N) is 1. The van der Waals surface area contributed by atoms with Gasteiger partial charge in [0.15, 0.2) is 17.5 Å². The lowest BCUT2D eigenvalue weighted by Crippen LogP contribution is -2.56. The third kappa shape index (κ3) is 6.26. The molecule has 3 aliphatic rings. The fraction of sp³-hybridized carbons (Fsp3) is 0.294. The molecule has 4 heterocycles. The second-order valence-corrected chi connectivity index (χ2v) is 12.1. The van der Waals surface area contributed by atoms with Gasteiger partial charge in [0.2, 0.25) is 6.10 Å². The van der Waals surface area contributed by atoms with Gasteiger partial charge in [0.25, 0.3) is 23.6 Å². The Bertz CT molecular complexity index is 1960. The third-order valence-corrected chi connectivity index (χ3v) is 8.88. The average molecular weight is 688 g/mol. The summed E-state index contributed by atoms with van der Waals surface area (Å²) in [4.78, 5) is 70.2. The minimum absolute atomic E-state index is 0.00783. The van der Waals surface area contributed by atoms with Crippen molar-refractivity contribution in [3.63, 3.8) is 0 Å². The molecular formula is C34H30ClN5O9. The van der Waals surface area contributed by atoms with Crippen molar-refractivity contribution in [1.82, 2.24) is 10.1 Å². The van der Waals surface area contributed by atoms with Crippen LogP contribution in [0.4, 0.5) is 17.2 Å². The lowest BCUT2D eigenvalue weighted by atomic mass is 10.1. The fourth-order valence-corrected chi connectivity index (χ4v) is 6.30. The Labute approximate surface area is 284 Å². The van der Waals surface area contributed by atoms with Crippen molar-refractivity contribution in [2.24, 2.45) is 0 Å². The SMILES string of the molecule is CC(=O)O[C@@H](C(=O)Nc1ccc2c(N3C(=O)c4ccccc4C3=O)noc2c1)[C@H]1OCCN(c2ccc(Cl)c(CN3CCOCC3)c2)C1=O. The molecule has 14 nitrogen and oxygen atoms in total. The molecule has 0 bridgehead atoms. The maximum atomic E-state index is 13.8. The van der Waals surface area contributed by atoms with Gasteiger partial charge < -0.3 is 29.0 Å². The Hall–Kier alpha value is -5.15. The number of aromatic nitrogens is 1. The highest BCUT2D eigenvalue weighted by Crippen LogP contribution is 2.34. The minimum Gasteiger partial charge on any atom is -0.449 e. The van der Waals surface area contributed by atoms with Gasteiger partial charge in [-0.1, -0.05) is 28.9 Å². The zero-order valence-corrected chi connectivity index (χ0v) is 27.0. The van der Waals surface area contributed by atoms with Crippen molar-refractivity contribution in [3.05, 3.63) is 82.4 Å². The van der Waals surface area contributed by atoms with Crippen molar-refractivity contribution in [1.29, 1.82) is 0 Å². The molecule has 3 aromatic carbocycles. The topological polar surface area (TPSA) is 161 Å². The third-order valence-electron chi connectivity index (χ3n) is 8.51. The van der Waals surface area contributed by atoms with Crippen LogP contribution in [-0.2, 0) is 35.1 Å². The van der Waals surface area contributed by atoms with E-state index in [0.29, 0.717) is 35.9 Å². The highest BCUT2D eigenvalue weighted by molar-refractivity contribution is 6.35. The van der Waals surface area contributed by atoms with Gasteiger partial charge in [-0.2, -0.15) is 0 Å². The molecule has 0 spiro atoms. The molecule has 252 valence electrons. The molecule has 1 aromatic heterocycles. The van der Waals surface area contributed by atoms with Crippen molar-refractivity contribution in [3.8, 4) is 0 Å². The van der Waals surface area contributed by atoms with E-state index in [1.807, 2.05) is 6.07 Å². The summed E-state index contributed by atoms with van der Waals surface area (Å²) in [5, 5.41) is 7.52. The largest absolute Gasteiger partial charge is 0.449 e. The van der Waals surface area contributed by atoms with E-state index < -0.39 is 41.8 Å². The van der Waals surface area contributed by atoms with Crippen LogP contribution < -0.4 is 15.1 Å². The van der Waals surface area contributed by atoms with Crippen LogP contribution in [0.1, 0.15) is 33.2 Å². The normalized spacial score (nSPS) is 18.9. The summed E-state index contributed by atoms with van der Waals surface area (Å²) in [5.41, 5.74) is 2.29. The van der Waals surface area contributed by atoms with E-state index >= 15 is 0 Å². The van der Waals surface area contributed by atoms with Gasteiger partial charge in [0.05, 0.1) is 36.3 Å². The fourth-order valence-electron chi connectivity index (χ4n) is 6.12. The molecule has 15 heteroatoms. The van der Waals surface area contributed by atoms with Crippen LogP contribution >= 0.6 is 11.6 Å². The number of morpholine rings is 2. The van der Waals surface area contributed by atoms with Crippen molar-refractivity contribution in [2.45, 2.75) is 25.7 Å². The van der Waals surface area contributed by atoms with E-state index in [1.165, 1.54) is 23.1 Å². The van der Waals surface area contributed by atoms with Gasteiger partial charge in [-0.25, -0.2) is 4.90 Å². The Morgan fingerprint density at radius 1 is 0.980 bits per heavy atom. The number of imide groups is 1. The number of fused-ring (bicyclic) bond motifs is 2. The van der Waals surface area contributed by atoms with Gasteiger partial charge in [0, 0.05) is 55.6 Å². The van der Waals surface area contributed by atoms with Crippen LogP contribution in [0.15, 0.2) is 65.2 Å². The number of hydrogen-bond acceptors (Lipinski definition) is 11. The standard InChI is InChI=1S/C34H30ClN5O9/c1-19(41)48-28(29-34(45)39(12-15-47-29)22-7-9-26(35)20(16-22)18-38-10-13-46-14-11-38)31(42)36-21-6-8-25-27(17-21)49-37-30(25)40-32(43)23-4-2-3-5-24(23)33(40)44/h2-9,16-17,28-29H,10-15,18H2,1H3,(H,36,42)/t28-,29-/m1/s1. The first-order chi connectivity index (χ1) is 23.7. The van der Waals surface area contributed by atoms with Gasteiger partial charge in [-0.3, -0.25) is 28.9 Å². The highest BCUT2D eigenvalue weighted by Gasteiger charge is 2.43. The van der Waals surface area contributed by atoms with Crippen LogP contribution in [0.25, 0.3) is 11.0 Å². The Morgan fingerprint density at radius 3 is 2.43 bits per heavy atom. The minimum atomic E-state index is -1.63. The number of hydrogen-bond donors (Lipinski definition) is 1. The van der Waals surface area contributed by atoms with Crippen molar-refractivity contribution < 1.29 is 42.7 Å². The van der Waals surface area contributed by atoms with E-state index in [2.05, 4.69) is 15.4 Å². The maximum Gasteiger partial charge on any atom is 0.303 e. The predicted molar refractivity (Wildman–Crippen MR) is 175 cm³/mol. The molecule has 2 atom stereocenters. The van der Waals surface area contributed by atoms with E-state index in [0.717, 1.165) is 30.5 Å². The molecule has 4 amide bonds. The molecule has 2 fully saturated rings. The van der Waals surface area contributed by atoms with E-state index in [4.69, 9.17) is 30.3 Å². The summed E-state index contributed by atoms with van der Waals surface area (Å²) >= 11 is 6.51. The Balaban J connectivity index is 1.09. The van der Waals surface area contributed by atoms with E-state index in [9.17, 15) is 24.0 Å². The monoisotopic (exact) mass is 687 g/mol. The first-order valence-corrected chi connectivity index (χ1v) is 15.9. The summed E-state index contributed by atoms with van der Waals surface area (Å²) in [6.45, 7) is 4.77. The van der Waals surface area contributed by atoms with Gasteiger partial charge in [-0.15, -0.1) is 0 Å². The zero-order chi connectivity index (χ0) is 34.2. The molecule has 3 aliphatic heterocycles. The lowest BCUT2D eigenvalue weighted by Gasteiger charge is -2.35. The van der Waals surface area contributed by atoms with E-state index in [-0.39, 0.29) is 41.4 Å². The Morgan fingerprint density at radius 2 is 1.71 bits per heavy atom. The lowest BCUT2D eigenvalue weighted by molar-refractivity contribution is -0.167. The second kappa shape index (κ2) is 13.4. The van der Waals surface area contributed by atoms with E-state index in [1.54, 1.807) is 36.4 Å². The maximum absolute atomic E-state index is 13.8. The van der Waals surface area contributed by atoms with Crippen LogP contribution in [-0.4, -0.2) is 91.3 Å². The highest BCUT2D eigenvalue weighted by atomic mass is 35.5. The number of rotatable bonds is 8. The van der Waals surface area contributed by atoms with Crippen LogP contribution in [0.2, 0.25) is 5.02 Å². The van der Waals surface area contributed by atoms with Gasteiger partial charge in [0.1, 0.15) is 0 Å². The smallest absolute Gasteiger partial charge is 0.303 e. The molecular weight excluding hydrogens is 658 g/mol. The molecule has 7 rings (SSSR count). The number of esters is 1. The number of benzene rings is 3. The predicted octanol–water partition coefficient (Wildman–Crippen LogP) is 3.42.